The number of pyridine rings is 1. The van der Waals surface area contributed by atoms with Gasteiger partial charge < -0.3 is 15.2 Å². The molecule has 0 saturated heterocycles. The highest BCUT2D eigenvalue weighted by molar-refractivity contribution is 5.69. The quantitative estimate of drug-likeness (QED) is 0.430. The summed E-state index contributed by atoms with van der Waals surface area (Å²) in [5, 5.41) is 0. The van der Waals surface area contributed by atoms with Crippen molar-refractivity contribution >= 4 is 5.69 Å². The van der Waals surface area contributed by atoms with Crippen molar-refractivity contribution in [3.8, 4) is 22.8 Å². The summed E-state index contributed by atoms with van der Waals surface area (Å²) >= 11 is 0. The number of ether oxygens (including phenoxy) is 2. The molecule has 0 spiro atoms. The van der Waals surface area contributed by atoms with Gasteiger partial charge in [-0.15, -0.1) is 0 Å². The standard InChI is InChI=1S/C25H22N2O2/c26-23-13-22(14-24(15-23)28-17-19-7-3-1-4-8-19)21-11-12-25(27-16-21)29-18-20-9-5-2-6-10-20/h1-16H,17-18,26H2. The van der Waals surface area contributed by atoms with Crippen LogP contribution in [0.15, 0.2) is 97.2 Å². The Balaban J connectivity index is 1.44. The summed E-state index contributed by atoms with van der Waals surface area (Å²) in [7, 11) is 0. The van der Waals surface area contributed by atoms with Gasteiger partial charge in [-0.1, -0.05) is 60.7 Å². The minimum atomic E-state index is 0.489. The molecule has 4 rings (SSSR count). The number of nitrogens with zero attached hydrogens (tertiary/aromatic N) is 1. The van der Waals surface area contributed by atoms with E-state index in [-0.39, 0.29) is 0 Å². The number of nitrogen functional groups attached to an aromatic ring is 1. The third-order valence-electron chi connectivity index (χ3n) is 4.48. The fourth-order valence-electron chi connectivity index (χ4n) is 2.98. The van der Waals surface area contributed by atoms with E-state index in [9.17, 15) is 0 Å². The number of hydrogen-bond acceptors (Lipinski definition) is 4. The van der Waals surface area contributed by atoms with Crippen molar-refractivity contribution in [2.24, 2.45) is 0 Å². The average molecular weight is 382 g/mol. The number of benzene rings is 3. The molecule has 4 nitrogen and oxygen atoms in total. The van der Waals surface area contributed by atoms with Gasteiger partial charge in [0.1, 0.15) is 19.0 Å². The molecule has 0 bridgehead atoms. The Kier molecular flexibility index (Phi) is 5.72. The topological polar surface area (TPSA) is 57.4 Å². The molecule has 0 fully saturated rings. The van der Waals surface area contributed by atoms with Gasteiger partial charge >= 0.3 is 0 Å². The van der Waals surface area contributed by atoms with Gasteiger partial charge in [0.15, 0.2) is 0 Å². The summed E-state index contributed by atoms with van der Waals surface area (Å²) in [4.78, 5) is 4.42. The Morgan fingerprint density at radius 2 is 1.31 bits per heavy atom. The molecular formula is C25H22N2O2. The fraction of sp³-hybridized carbons (Fsp3) is 0.0800. The van der Waals surface area contributed by atoms with E-state index in [1.807, 2.05) is 91.0 Å². The molecule has 0 unspecified atom stereocenters. The lowest BCUT2D eigenvalue weighted by Crippen LogP contribution is -1.98. The second-order valence-corrected chi connectivity index (χ2v) is 6.72. The first-order chi connectivity index (χ1) is 14.3. The molecule has 0 aliphatic carbocycles. The maximum Gasteiger partial charge on any atom is 0.213 e. The van der Waals surface area contributed by atoms with Gasteiger partial charge in [0.05, 0.1) is 0 Å². The smallest absolute Gasteiger partial charge is 0.213 e. The predicted molar refractivity (Wildman–Crippen MR) is 116 cm³/mol. The molecule has 4 aromatic rings. The molecule has 0 aliphatic rings. The minimum Gasteiger partial charge on any atom is -0.489 e. The van der Waals surface area contributed by atoms with Gasteiger partial charge in [0.25, 0.3) is 0 Å². The second-order valence-electron chi connectivity index (χ2n) is 6.72. The van der Waals surface area contributed by atoms with Crippen LogP contribution in [-0.4, -0.2) is 4.98 Å². The third kappa shape index (κ3) is 5.14. The highest BCUT2D eigenvalue weighted by Gasteiger charge is 2.05. The van der Waals surface area contributed by atoms with E-state index in [0.29, 0.717) is 24.8 Å². The van der Waals surface area contributed by atoms with Crippen LogP contribution in [0, 0.1) is 0 Å². The van der Waals surface area contributed by atoms with E-state index in [1.54, 1.807) is 6.20 Å². The van der Waals surface area contributed by atoms with Gasteiger partial charge in [0, 0.05) is 29.6 Å². The predicted octanol–water partition coefficient (Wildman–Crippen LogP) is 5.49. The van der Waals surface area contributed by atoms with Gasteiger partial charge in [0.2, 0.25) is 5.88 Å². The van der Waals surface area contributed by atoms with E-state index >= 15 is 0 Å². The van der Waals surface area contributed by atoms with Gasteiger partial charge in [-0.25, -0.2) is 4.98 Å². The zero-order valence-corrected chi connectivity index (χ0v) is 16.0. The second kappa shape index (κ2) is 8.93. The molecule has 1 aromatic heterocycles. The molecular weight excluding hydrogens is 360 g/mol. The van der Waals surface area contributed by atoms with Crippen molar-refractivity contribution in [1.82, 2.24) is 4.98 Å². The number of nitrogens with two attached hydrogens (primary N) is 1. The first-order valence-corrected chi connectivity index (χ1v) is 9.47. The van der Waals surface area contributed by atoms with Crippen molar-refractivity contribution in [3.63, 3.8) is 0 Å². The Labute approximate surface area is 170 Å². The molecule has 0 atom stereocenters. The Bertz CT molecular complexity index is 1050. The lowest BCUT2D eigenvalue weighted by atomic mass is 10.1. The molecule has 0 radical (unpaired) electrons. The van der Waals surface area contributed by atoms with E-state index in [4.69, 9.17) is 15.2 Å². The Morgan fingerprint density at radius 1 is 0.655 bits per heavy atom. The zero-order valence-electron chi connectivity index (χ0n) is 16.0. The van der Waals surface area contributed by atoms with E-state index in [1.165, 1.54) is 0 Å². The molecule has 2 N–H and O–H groups in total. The monoisotopic (exact) mass is 382 g/mol. The first kappa shape index (κ1) is 18.6. The van der Waals surface area contributed by atoms with Crippen LogP contribution in [0.4, 0.5) is 5.69 Å². The van der Waals surface area contributed by atoms with Crippen LogP contribution in [0.3, 0.4) is 0 Å². The van der Waals surface area contributed by atoms with Crippen molar-refractivity contribution in [3.05, 3.63) is 108 Å². The highest BCUT2D eigenvalue weighted by Crippen LogP contribution is 2.28. The summed E-state index contributed by atoms with van der Waals surface area (Å²) in [5.74, 6) is 1.32. The summed E-state index contributed by atoms with van der Waals surface area (Å²) in [6, 6.07) is 29.6. The summed E-state index contributed by atoms with van der Waals surface area (Å²) in [6.07, 6.45) is 1.79. The van der Waals surface area contributed by atoms with Gasteiger partial charge in [-0.3, -0.25) is 0 Å². The minimum absolute atomic E-state index is 0.489. The molecule has 144 valence electrons. The number of anilines is 1. The summed E-state index contributed by atoms with van der Waals surface area (Å²) < 4.78 is 11.7. The third-order valence-corrected chi connectivity index (χ3v) is 4.48. The van der Waals surface area contributed by atoms with Crippen molar-refractivity contribution in [2.75, 3.05) is 5.73 Å². The van der Waals surface area contributed by atoms with Crippen LogP contribution in [-0.2, 0) is 13.2 Å². The largest absolute Gasteiger partial charge is 0.489 e. The van der Waals surface area contributed by atoms with E-state index in [0.717, 1.165) is 28.0 Å². The van der Waals surface area contributed by atoms with Crippen molar-refractivity contribution in [2.45, 2.75) is 13.2 Å². The average Bonchev–Trinajstić information content (AvgIpc) is 2.78. The number of aromatic nitrogens is 1. The molecule has 3 aromatic carbocycles. The van der Waals surface area contributed by atoms with Crippen molar-refractivity contribution in [1.29, 1.82) is 0 Å². The maximum atomic E-state index is 6.08. The fourth-order valence-corrected chi connectivity index (χ4v) is 2.98. The lowest BCUT2D eigenvalue weighted by molar-refractivity contribution is 0.294. The van der Waals surface area contributed by atoms with Crippen LogP contribution in [0.2, 0.25) is 0 Å². The molecule has 0 aliphatic heterocycles. The molecule has 4 heteroatoms. The highest BCUT2D eigenvalue weighted by atomic mass is 16.5. The van der Waals surface area contributed by atoms with Crippen LogP contribution < -0.4 is 15.2 Å². The number of hydrogen-bond donors (Lipinski definition) is 1. The normalized spacial score (nSPS) is 10.5. The van der Waals surface area contributed by atoms with Gasteiger partial charge in [-0.05, 0) is 34.9 Å². The van der Waals surface area contributed by atoms with Gasteiger partial charge in [-0.2, -0.15) is 0 Å². The molecule has 29 heavy (non-hydrogen) atoms. The van der Waals surface area contributed by atoms with Crippen LogP contribution in [0.1, 0.15) is 11.1 Å². The summed E-state index contributed by atoms with van der Waals surface area (Å²) in [6.45, 7) is 0.983. The van der Waals surface area contributed by atoms with E-state index < -0.39 is 0 Å². The molecule has 0 amide bonds. The molecule has 1 heterocycles. The molecule has 0 saturated carbocycles. The summed E-state index contributed by atoms with van der Waals surface area (Å²) in [5.41, 5.74) is 10.9. The first-order valence-electron chi connectivity index (χ1n) is 9.47. The number of rotatable bonds is 7. The maximum absolute atomic E-state index is 6.08. The Hall–Kier alpha value is -3.79. The van der Waals surface area contributed by atoms with Crippen LogP contribution in [0.5, 0.6) is 11.6 Å². The van der Waals surface area contributed by atoms with Crippen molar-refractivity contribution < 1.29 is 9.47 Å². The zero-order chi connectivity index (χ0) is 19.9. The Morgan fingerprint density at radius 3 is 1.93 bits per heavy atom. The SMILES string of the molecule is Nc1cc(OCc2ccccc2)cc(-c2ccc(OCc3ccccc3)nc2)c1. The van der Waals surface area contributed by atoms with Crippen LogP contribution >= 0.6 is 0 Å². The van der Waals surface area contributed by atoms with E-state index in [2.05, 4.69) is 4.98 Å². The lowest BCUT2D eigenvalue weighted by Gasteiger charge is -2.11. The van der Waals surface area contributed by atoms with Crippen LogP contribution in [0.25, 0.3) is 11.1 Å².